The first-order valence-electron chi connectivity index (χ1n) is 7.52. The van der Waals surface area contributed by atoms with Gasteiger partial charge in [-0.25, -0.2) is 9.97 Å². The van der Waals surface area contributed by atoms with Crippen LogP contribution < -0.4 is 10.6 Å². The first-order valence-corrected chi connectivity index (χ1v) is 7.52. The van der Waals surface area contributed by atoms with Crippen LogP contribution in [0.2, 0.25) is 0 Å². The predicted molar refractivity (Wildman–Crippen MR) is 87.9 cm³/mol. The van der Waals surface area contributed by atoms with Crippen LogP contribution in [0.3, 0.4) is 0 Å². The van der Waals surface area contributed by atoms with Crippen molar-refractivity contribution in [2.24, 2.45) is 0 Å². The van der Waals surface area contributed by atoms with Gasteiger partial charge >= 0.3 is 0 Å². The Morgan fingerprint density at radius 2 is 1.95 bits per heavy atom. The minimum atomic E-state index is -0.187. The van der Waals surface area contributed by atoms with E-state index in [0.717, 1.165) is 29.8 Å². The summed E-state index contributed by atoms with van der Waals surface area (Å²) < 4.78 is 0. The number of anilines is 1. The number of amides is 1. The van der Waals surface area contributed by atoms with Gasteiger partial charge in [0.1, 0.15) is 5.69 Å². The first-order chi connectivity index (χ1) is 10.6. The molecule has 0 unspecified atom stereocenters. The molecule has 1 heterocycles. The number of aromatic nitrogens is 2. The molecule has 22 heavy (non-hydrogen) atoms. The number of carbonyl (C=O) groups excluding carboxylic acids is 1. The average molecular weight is 298 g/mol. The third kappa shape index (κ3) is 4.28. The molecular formula is C17H22N4O. The number of hydrogen-bond acceptors (Lipinski definition) is 4. The molecule has 1 aromatic heterocycles. The lowest BCUT2D eigenvalue weighted by Crippen LogP contribution is -2.25. The Bertz CT molecular complexity index is 655. The number of nitrogens with one attached hydrogen (secondary N) is 2. The van der Waals surface area contributed by atoms with Crippen molar-refractivity contribution in [2.45, 2.75) is 33.7 Å². The van der Waals surface area contributed by atoms with Gasteiger partial charge in [-0.05, 0) is 37.5 Å². The topological polar surface area (TPSA) is 66.9 Å². The van der Waals surface area contributed by atoms with Crippen LogP contribution in [0.5, 0.6) is 0 Å². The average Bonchev–Trinajstić information content (AvgIpc) is 2.51. The minimum Gasteiger partial charge on any atom is -0.354 e. The number of carbonyl (C=O) groups is 1. The lowest BCUT2D eigenvalue weighted by molar-refractivity contribution is 0.0945. The molecule has 0 fully saturated rings. The molecule has 0 saturated heterocycles. The Morgan fingerprint density at radius 3 is 2.68 bits per heavy atom. The largest absolute Gasteiger partial charge is 0.354 e. The van der Waals surface area contributed by atoms with Crippen molar-refractivity contribution in [3.05, 3.63) is 52.8 Å². The molecule has 5 heteroatoms. The van der Waals surface area contributed by atoms with Gasteiger partial charge in [-0.15, -0.1) is 0 Å². The maximum absolute atomic E-state index is 12.3. The van der Waals surface area contributed by atoms with E-state index in [4.69, 9.17) is 0 Å². The first kappa shape index (κ1) is 15.9. The van der Waals surface area contributed by atoms with E-state index in [2.05, 4.69) is 27.5 Å². The molecule has 2 rings (SSSR count). The fraction of sp³-hybridized carbons (Fsp3) is 0.353. The minimum absolute atomic E-state index is 0.187. The van der Waals surface area contributed by atoms with Gasteiger partial charge in [0, 0.05) is 18.8 Å². The van der Waals surface area contributed by atoms with Crippen LogP contribution in [-0.2, 0) is 6.54 Å². The predicted octanol–water partition coefficient (Wildman–Crippen LogP) is 2.85. The summed E-state index contributed by atoms with van der Waals surface area (Å²) in [7, 11) is 0. The molecule has 0 atom stereocenters. The van der Waals surface area contributed by atoms with Gasteiger partial charge in [-0.3, -0.25) is 4.79 Å². The van der Waals surface area contributed by atoms with Crippen LogP contribution >= 0.6 is 0 Å². The molecule has 1 aromatic carbocycles. The Morgan fingerprint density at radius 1 is 1.18 bits per heavy atom. The Kier molecular flexibility index (Phi) is 5.47. The molecule has 1 amide bonds. The second-order valence-electron chi connectivity index (χ2n) is 5.25. The van der Waals surface area contributed by atoms with E-state index in [1.165, 1.54) is 0 Å². The van der Waals surface area contributed by atoms with Crippen molar-refractivity contribution in [3.63, 3.8) is 0 Å². The van der Waals surface area contributed by atoms with Crippen LogP contribution in [0, 0.1) is 13.8 Å². The molecule has 116 valence electrons. The number of benzene rings is 1. The molecule has 2 N–H and O–H groups in total. The number of rotatable bonds is 6. The SMILES string of the molecule is CCCNc1nc(C)cc(C(=O)NCc2ccccc2C)n1. The summed E-state index contributed by atoms with van der Waals surface area (Å²) in [6, 6.07) is 9.69. The highest BCUT2D eigenvalue weighted by Gasteiger charge is 2.10. The van der Waals surface area contributed by atoms with E-state index in [1.54, 1.807) is 6.07 Å². The van der Waals surface area contributed by atoms with E-state index in [1.807, 2.05) is 38.1 Å². The van der Waals surface area contributed by atoms with Crippen molar-refractivity contribution in [1.82, 2.24) is 15.3 Å². The van der Waals surface area contributed by atoms with Gasteiger partial charge < -0.3 is 10.6 Å². The maximum atomic E-state index is 12.3. The summed E-state index contributed by atoms with van der Waals surface area (Å²) in [5, 5.41) is 6.02. The monoisotopic (exact) mass is 298 g/mol. The molecular weight excluding hydrogens is 276 g/mol. The van der Waals surface area contributed by atoms with Gasteiger partial charge in [0.25, 0.3) is 5.91 Å². The summed E-state index contributed by atoms with van der Waals surface area (Å²) in [6.07, 6.45) is 0.978. The van der Waals surface area contributed by atoms with Crippen molar-refractivity contribution in [2.75, 3.05) is 11.9 Å². The van der Waals surface area contributed by atoms with E-state index in [-0.39, 0.29) is 5.91 Å². The normalized spacial score (nSPS) is 10.3. The lowest BCUT2D eigenvalue weighted by Gasteiger charge is -2.09. The van der Waals surface area contributed by atoms with Gasteiger partial charge in [-0.2, -0.15) is 0 Å². The molecule has 0 aliphatic rings. The standard InChI is InChI=1S/C17H22N4O/c1-4-9-18-17-20-13(3)10-15(21-17)16(22)19-11-14-8-6-5-7-12(14)2/h5-8,10H,4,9,11H2,1-3H3,(H,19,22)(H,18,20,21). The van der Waals surface area contributed by atoms with Crippen molar-refractivity contribution < 1.29 is 4.79 Å². The van der Waals surface area contributed by atoms with E-state index in [0.29, 0.717) is 18.2 Å². The molecule has 2 aromatic rings. The van der Waals surface area contributed by atoms with Crippen LogP contribution in [0.1, 0.15) is 40.7 Å². The fourth-order valence-corrected chi connectivity index (χ4v) is 2.08. The maximum Gasteiger partial charge on any atom is 0.270 e. The summed E-state index contributed by atoms with van der Waals surface area (Å²) in [5.74, 6) is 0.316. The smallest absolute Gasteiger partial charge is 0.270 e. The highest BCUT2D eigenvalue weighted by Crippen LogP contribution is 2.08. The zero-order valence-corrected chi connectivity index (χ0v) is 13.3. The van der Waals surface area contributed by atoms with Gasteiger partial charge in [0.05, 0.1) is 0 Å². The molecule has 5 nitrogen and oxygen atoms in total. The quantitative estimate of drug-likeness (QED) is 0.860. The second-order valence-corrected chi connectivity index (χ2v) is 5.25. The van der Waals surface area contributed by atoms with Gasteiger partial charge in [-0.1, -0.05) is 31.2 Å². The van der Waals surface area contributed by atoms with Crippen LogP contribution in [0.4, 0.5) is 5.95 Å². The summed E-state index contributed by atoms with van der Waals surface area (Å²) >= 11 is 0. The molecule has 0 aliphatic heterocycles. The third-order valence-corrected chi connectivity index (χ3v) is 3.32. The highest BCUT2D eigenvalue weighted by molar-refractivity contribution is 5.92. The summed E-state index contributed by atoms with van der Waals surface area (Å²) in [6.45, 7) is 7.23. The molecule has 0 saturated carbocycles. The lowest BCUT2D eigenvalue weighted by atomic mass is 10.1. The second kappa shape index (κ2) is 7.54. The number of nitrogens with zero attached hydrogens (tertiary/aromatic N) is 2. The van der Waals surface area contributed by atoms with E-state index in [9.17, 15) is 4.79 Å². The van der Waals surface area contributed by atoms with Crippen LogP contribution in [-0.4, -0.2) is 22.4 Å². The zero-order chi connectivity index (χ0) is 15.9. The number of hydrogen-bond donors (Lipinski definition) is 2. The van der Waals surface area contributed by atoms with Crippen molar-refractivity contribution in [1.29, 1.82) is 0 Å². The fourth-order valence-electron chi connectivity index (χ4n) is 2.08. The van der Waals surface area contributed by atoms with Crippen molar-refractivity contribution >= 4 is 11.9 Å². The van der Waals surface area contributed by atoms with Gasteiger partial charge in [0.15, 0.2) is 0 Å². The zero-order valence-electron chi connectivity index (χ0n) is 13.3. The van der Waals surface area contributed by atoms with Gasteiger partial charge in [0.2, 0.25) is 5.95 Å². The Hall–Kier alpha value is -2.43. The molecule has 0 aliphatic carbocycles. The van der Waals surface area contributed by atoms with E-state index >= 15 is 0 Å². The molecule has 0 spiro atoms. The third-order valence-electron chi connectivity index (χ3n) is 3.32. The Balaban J connectivity index is 2.06. The van der Waals surface area contributed by atoms with E-state index < -0.39 is 0 Å². The van der Waals surface area contributed by atoms with Crippen LogP contribution in [0.25, 0.3) is 0 Å². The Labute approximate surface area is 131 Å². The van der Waals surface area contributed by atoms with Crippen molar-refractivity contribution in [3.8, 4) is 0 Å². The molecule has 0 bridgehead atoms. The molecule has 0 radical (unpaired) electrons. The summed E-state index contributed by atoms with van der Waals surface area (Å²) in [5.41, 5.74) is 3.42. The highest BCUT2D eigenvalue weighted by atomic mass is 16.1. The number of aryl methyl sites for hydroxylation is 2. The van der Waals surface area contributed by atoms with Crippen LogP contribution in [0.15, 0.2) is 30.3 Å². The summed E-state index contributed by atoms with van der Waals surface area (Å²) in [4.78, 5) is 20.8.